The number of β-amino-alcohol motifs (C(OH)–C–C–N with tert-alkyl or cyclic N) is 1. The smallest absolute Gasteiger partial charge is 0.232 e. The molecule has 1 aliphatic rings. The van der Waals surface area contributed by atoms with Crippen molar-refractivity contribution in [3.63, 3.8) is 0 Å². The maximum absolute atomic E-state index is 11.8. The molecular weight excluding hydrogens is 268 g/mol. The molecule has 114 valence electrons. The molecular formula is C16H22N2O3. The number of aliphatic hydroxyl groups excluding tert-OH is 1. The summed E-state index contributed by atoms with van der Waals surface area (Å²) in [5, 5.41) is 10.1. The number of rotatable bonds is 6. The van der Waals surface area contributed by atoms with Crippen LogP contribution in [0.25, 0.3) is 0 Å². The highest BCUT2D eigenvalue weighted by Gasteiger charge is 2.36. The summed E-state index contributed by atoms with van der Waals surface area (Å²) in [6, 6.07) is 9.96. The zero-order valence-corrected chi connectivity index (χ0v) is 12.5. The van der Waals surface area contributed by atoms with Crippen LogP contribution >= 0.6 is 0 Å². The Balaban J connectivity index is 1.83. The van der Waals surface area contributed by atoms with Gasteiger partial charge in [0.2, 0.25) is 11.8 Å². The van der Waals surface area contributed by atoms with Crippen molar-refractivity contribution < 1.29 is 14.7 Å². The Morgan fingerprint density at radius 1 is 1.33 bits per heavy atom. The number of amides is 2. The molecule has 2 amide bonds. The van der Waals surface area contributed by atoms with E-state index in [0.717, 1.165) is 12.1 Å². The zero-order chi connectivity index (χ0) is 15.4. The first kappa shape index (κ1) is 15.7. The van der Waals surface area contributed by atoms with Crippen molar-refractivity contribution in [2.75, 3.05) is 20.1 Å². The first-order valence-corrected chi connectivity index (χ1v) is 7.22. The molecule has 0 aromatic heterocycles. The predicted molar refractivity (Wildman–Crippen MR) is 79.3 cm³/mol. The number of hydrogen-bond acceptors (Lipinski definition) is 4. The summed E-state index contributed by atoms with van der Waals surface area (Å²) in [6.07, 6.45) is -0.470. The second kappa shape index (κ2) is 6.83. The molecule has 0 radical (unpaired) electrons. The Hall–Kier alpha value is -1.72. The van der Waals surface area contributed by atoms with Crippen molar-refractivity contribution in [2.24, 2.45) is 5.92 Å². The van der Waals surface area contributed by atoms with Gasteiger partial charge < -0.3 is 5.11 Å². The second-order valence-corrected chi connectivity index (χ2v) is 5.78. The van der Waals surface area contributed by atoms with E-state index in [0.29, 0.717) is 6.54 Å². The molecule has 5 nitrogen and oxygen atoms in total. The van der Waals surface area contributed by atoms with Crippen LogP contribution in [0.3, 0.4) is 0 Å². The van der Waals surface area contributed by atoms with E-state index >= 15 is 0 Å². The quantitative estimate of drug-likeness (QED) is 0.790. The van der Waals surface area contributed by atoms with Crippen LogP contribution in [0.1, 0.15) is 18.9 Å². The monoisotopic (exact) mass is 290 g/mol. The first-order chi connectivity index (χ1) is 9.97. The Labute approximate surface area is 125 Å². The van der Waals surface area contributed by atoms with Crippen molar-refractivity contribution in [2.45, 2.75) is 26.0 Å². The number of carbonyl (C=O) groups is 2. The molecule has 1 heterocycles. The van der Waals surface area contributed by atoms with E-state index in [9.17, 15) is 14.7 Å². The average molecular weight is 290 g/mol. The molecule has 1 saturated heterocycles. The molecule has 0 saturated carbocycles. The van der Waals surface area contributed by atoms with Gasteiger partial charge in [-0.05, 0) is 12.6 Å². The summed E-state index contributed by atoms with van der Waals surface area (Å²) < 4.78 is 0. The molecule has 0 bridgehead atoms. The van der Waals surface area contributed by atoms with Crippen molar-refractivity contribution in [3.8, 4) is 0 Å². The third kappa shape index (κ3) is 4.12. The highest BCUT2D eigenvalue weighted by Crippen LogP contribution is 2.19. The largest absolute Gasteiger partial charge is 0.390 e. The van der Waals surface area contributed by atoms with Crippen LogP contribution in [-0.4, -0.2) is 53.0 Å². The zero-order valence-electron chi connectivity index (χ0n) is 12.5. The van der Waals surface area contributed by atoms with Crippen LogP contribution in [0.4, 0.5) is 0 Å². The third-order valence-electron chi connectivity index (χ3n) is 3.68. The Kier molecular flexibility index (Phi) is 5.09. The summed E-state index contributed by atoms with van der Waals surface area (Å²) in [6.45, 7) is 2.96. The van der Waals surface area contributed by atoms with Gasteiger partial charge in [0.15, 0.2) is 0 Å². The average Bonchev–Trinajstić information content (AvgIpc) is 2.66. The van der Waals surface area contributed by atoms with Crippen molar-refractivity contribution in [1.82, 2.24) is 9.80 Å². The molecule has 1 aliphatic heterocycles. The standard InChI is InChI=1S/C16H22N2O3/c1-12-8-15(20)18(16(12)21)11-14(19)10-17(2)9-13-6-4-3-5-7-13/h3-7,12,14,19H,8-11H2,1-2H3/t12-,14-/m0/s1. The molecule has 1 fully saturated rings. The first-order valence-electron chi connectivity index (χ1n) is 7.22. The molecule has 5 heteroatoms. The van der Waals surface area contributed by atoms with Gasteiger partial charge in [-0.3, -0.25) is 19.4 Å². The summed E-state index contributed by atoms with van der Waals surface area (Å²) in [4.78, 5) is 26.7. The fraction of sp³-hybridized carbons (Fsp3) is 0.500. The molecule has 21 heavy (non-hydrogen) atoms. The minimum atomic E-state index is -0.725. The van der Waals surface area contributed by atoms with E-state index < -0.39 is 6.10 Å². The van der Waals surface area contributed by atoms with Crippen LogP contribution in [0, 0.1) is 5.92 Å². The lowest BCUT2D eigenvalue weighted by Crippen LogP contribution is -2.41. The van der Waals surface area contributed by atoms with Crippen molar-refractivity contribution in [1.29, 1.82) is 0 Å². The van der Waals surface area contributed by atoms with E-state index in [-0.39, 0.29) is 30.7 Å². The number of likely N-dealkylation sites (tertiary alicyclic amines) is 1. The minimum absolute atomic E-state index is 0.0845. The summed E-state index contributed by atoms with van der Waals surface area (Å²) in [5.74, 6) is -0.617. The summed E-state index contributed by atoms with van der Waals surface area (Å²) in [5.41, 5.74) is 1.16. The predicted octanol–water partition coefficient (Wildman–Crippen LogP) is 0.874. The van der Waals surface area contributed by atoms with Crippen LogP contribution in [0.15, 0.2) is 30.3 Å². The molecule has 0 unspecified atom stereocenters. The van der Waals surface area contributed by atoms with Gasteiger partial charge in [-0.25, -0.2) is 0 Å². The van der Waals surface area contributed by atoms with Gasteiger partial charge in [0.05, 0.1) is 12.6 Å². The van der Waals surface area contributed by atoms with Crippen molar-refractivity contribution >= 4 is 11.8 Å². The lowest BCUT2D eigenvalue weighted by atomic mass is 10.1. The van der Waals surface area contributed by atoms with Gasteiger partial charge in [0.1, 0.15) is 0 Å². The lowest BCUT2D eigenvalue weighted by Gasteiger charge is -2.23. The SMILES string of the molecule is C[C@H]1CC(=O)N(C[C@@H](O)CN(C)Cc2ccccc2)C1=O. The Bertz CT molecular complexity index is 504. The number of imide groups is 1. The van der Waals surface area contributed by atoms with E-state index in [1.165, 1.54) is 4.90 Å². The van der Waals surface area contributed by atoms with Crippen LogP contribution in [0.2, 0.25) is 0 Å². The van der Waals surface area contributed by atoms with Gasteiger partial charge in [0, 0.05) is 25.4 Å². The van der Waals surface area contributed by atoms with Gasteiger partial charge in [0.25, 0.3) is 0 Å². The number of aliphatic hydroxyl groups is 1. The van der Waals surface area contributed by atoms with E-state index in [1.54, 1.807) is 6.92 Å². The molecule has 0 aliphatic carbocycles. The number of hydrogen-bond donors (Lipinski definition) is 1. The maximum atomic E-state index is 11.8. The highest BCUT2D eigenvalue weighted by molar-refractivity contribution is 6.03. The molecule has 2 rings (SSSR count). The number of likely N-dealkylation sites (N-methyl/N-ethyl adjacent to an activating group) is 1. The second-order valence-electron chi connectivity index (χ2n) is 5.78. The van der Waals surface area contributed by atoms with Crippen LogP contribution < -0.4 is 0 Å². The molecule has 0 spiro atoms. The maximum Gasteiger partial charge on any atom is 0.232 e. The number of nitrogens with zero attached hydrogens (tertiary/aromatic N) is 2. The van der Waals surface area contributed by atoms with Crippen molar-refractivity contribution in [3.05, 3.63) is 35.9 Å². The molecule has 2 atom stereocenters. The van der Waals surface area contributed by atoms with E-state index in [2.05, 4.69) is 0 Å². The normalized spacial score (nSPS) is 20.4. The van der Waals surface area contributed by atoms with Gasteiger partial charge in [-0.2, -0.15) is 0 Å². The topological polar surface area (TPSA) is 60.9 Å². The van der Waals surface area contributed by atoms with E-state index in [4.69, 9.17) is 0 Å². The van der Waals surface area contributed by atoms with Crippen LogP contribution in [0.5, 0.6) is 0 Å². The van der Waals surface area contributed by atoms with Gasteiger partial charge >= 0.3 is 0 Å². The highest BCUT2D eigenvalue weighted by atomic mass is 16.3. The Morgan fingerprint density at radius 3 is 2.57 bits per heavy atom. The third-order valence-corrected chi connectivity index (χ3v) is 3.68. The van der Waals surface area contributed by atoms with Gasteiger partial charge in [-0.15, -0.1) is 0 Å². The number of benzene rings is 1. The van der Waals surface area contributed by atoms with Crippen LogP contribution in [-0.2, 0) is 16.1 Å². The molecule has 1 aromatic carbocycles. The number of carbonyl (C=O) groups excluding carboxylic acids is 2. The fourth-order valence-corrected chi connectivity index (χ4v) is 2.63. The van der Waals surface area contributed by atoms with E-state index in [1.807, 2.05) is 42.3 Å². The molecule has 1 N–H and O–H groups in total. The fourth-order valence-electron chi connectivity index (χ4n) is 2.63. The van der Waals surface area contributed by atoms with Gasteiger partial charge in [-0.1, -0.05) is 37.3 Å². The lowest BCUT2D eigenvalue weighted by molar-refractivity contribution is -0.141. The molecule has 1 aromatic rings. The Morgan fingerprint density at radius 2 is 2.00 bits per heavy atom. The summed E-state index contributed by atoms with van der Waals surface area (Å²) in [7, 11) is 1.91. The minimum Gasteiger partial charge on any atom is -0.390 e. The summed E-state index contributed by atoms with van der Waals surface area (Å²) >= 11 is 0.